The smallest absolute Gasteiger partial charge is 0.156 e. The first-order chi connectivity index (χ1) is 7.65. The van der Waals surface area contributed by atoms with Crippen molar-refractivity contribution in [1.29, 1.82) is 0 Å². The van der Waals surface area contributed by atoms with E-state index in [0.717, 1.165) is 6.54 Å². The second kappa shape index (κ2) is 4.99. The highest BCUT2D eigenvalue weighted by Gasteiger charge is 2.35. The predicted octanol–water partition coefficient (Wildman–Crippen LogP) is 3.28. The third-order valence-electron chi connectivity index (χ3n) is 4.24. The van der Waals surface area contributed by atoms with Crippen LogP contribution in [0, 0.1) is 11.3 Å². The molecule has 1 aliphatic heterocycles. The number of amidine groups is 1. The standard InChI is InChI=1S/C13H24N2S/c1-4-13(6-5-7-13)9-14-12-15-11(8-16-12)10(2)3/h10-11H,4-9H2,1-3H3,(H,14,15). The van der Waals surface area contributed by atoms with Gasteiger partial charge in [0.1, 0.15) is 0 Å². The lowest BCUT2D eigenvalue weighted by atomic mass is 9.67. The maximum atomic E-state index is 4.79. The van der Waals surface area contributed by atoms with Crippen molar-refractivity contribution >= 4 is 16.9 Å². The molecule has 0 aromatic carbocycles. The summed E-state index contributed by atoms with van der Waals surface area (Å²) >= 11 is 1.90. The van der Waals surface area contributed by atoms with Gasteiger partial charge in [-0.15, -0.1) is 0 Å². The summed E-state index contributed by atoms with van der Waals surface area (Å²) in [4.78, 5) is 4.79. The summed E-state index contributed by atoms with van der Waals surface area (Å²) in [6.45, 7) is 7.91. The van der Waals surface area contributed by atoms with Gasteiger partial charge in [0, 0.05) is 18.3 Å². The zero-order valence-corrected chi connectivity index (χ0v) is 11.6. The molecule has 1 saturated heterocycles. The van der Waals surface area contributed by atoms with Gasteiger partial charge in [-0.2, -0.15) is 0 Å². The first-order valence-corrected chi connectivity index (χ1v) is 7.57. The van der Waals surface area contributed by atoms with Crippen LogP contribution in [0.25, 0.3) is 0 Å². The Balaban J connectivity index is 1.84. The number of rotatable bonds is 4. The van der Waals surface area contributed by atoms with E-state index in [4.69, 9.17) is 4.99 Å². The molecular formula is C13H24N2S. The van der Waals surface area contributed by atoms with Gasteiger partial charge in [0.25, 0.3) is 0 Å². The molecule has 0 radical (unpaired) electrons. The van der Waals surface area contributed by atoms with Gasteiger partial charge in [-0.1, -0.05) is 39.0 Å². The van der Waals surface area contributed by atoms with Gasteiger partial charge in [-0.25, -0.2) is 0 Å². The summed E-state index contributed by atoms with van der Waals surface area (Å²) in [7, 11) is 0. The van der Waals surface area contributed by atoms with Crippen molar-refractivity contribution in [3.8, 4) is 0 Å². The highest BCUT2D eigenvalue weighted by molar-refractivity contribution is 8.14. The van der Waals surface area contributed by atoms with Crippen LogP contribution in [0.5, 0.6) is 0 Å². The van der Waals surface area contributed by atoms with Crippen LogP contribution in [0.4, 0.5) is 0 Å². The Hall–Kier alpha value is -0.180. The molecule has 92 valence electrons. The summed E-state index contributed by atoms with van der Waals surface area (Å²) < 4.78 is 0. The molecule has 2 nitrogen and oxygen atoms in total. The minimum Gasteiger partial charge on any atom is -0.361 e. The molecule has 0 amide bonds. The van der Waals surface area contributed by atoms with Crippen LogP contribution in [-0.2, 0) is 0 Å². The van der Waals surface area contributed by atoms with E-state index in [1.165, 1.54) is 36.6 Å². The fourth-order valence-electron chi connectivity index (χ4n) is 2.40. The van der Waals surface area contributed by atoms with E-state index in [1.54, 1.807) is 0 Å². The van der Waals surface area contributed by atoms with Gasteiger partial charge in [0.15, 0.2) is 5.17 Å². The van der Waals surface area contributed by atoms with Gasteiger partial charge < -0.3 is 5.32 Å². The van der Waals surface area contributed by atoms with Crippen LogP contribution in [0.15, 0.2) is 4.99 Å². The Morgan fingerprint density at radius 3 is 2.69 bits per heavy atom. The van der Waals surface area contributed by atoms with Crippen LogP contribution in [0.2, 0.25) is 0 Å². The number of hydrogen-bond donors (Lipinski definition) is 1. The van der Waals surface area contributed by atoms with Crippen LogP contribution >= 0.6 is 11.8 Å². The van der Waals surface area contributed by atoms with Crippen molar-refractivity contribution in [2.45, 2.75) is 52.5 Å². The molecule has 1 aliphatic carbocycles. The van der Waals surface area contributed by atoms with E-state index < -0.39 is 0 Å². The summed E-state index contributed by atoms with van der Waals surface area (Å²) in [6, 6.07) is 0.628. The Morgan fingerprint density at radius 1 is 1.50 bits per heavy atom. The third kappa shape index (κ3) is 2.55. The molecule has 2 aliphatic rings. The van der Waals surface area contributed by atoms with Crippen molar-refractivity contribution in [2.24, 2.45) is 16.3 Å². The van der Waals surface area contributed by atoms with E-state index in [1.807, 2.05) is 11.8 Å². The lowest BCUT2D eigenvalue weighted by Crippen LogP contribution is -2.34. The van der Waals surface area contributed by atoms with Crippen molar-refractivity contribution < 1.29 is 0 Å². The van der Waals surface area contributed by atoms with Crippen LogP contribution in [-0.4, -0.2) is 23.5 Å². The highest BCUT2D eigenvalue weighted by Crippen LogP contribution is 2.44. The average molecular weight is 240 g/mol. The van der Waals surface area contributed by atoms with Crippen molar-refractivity contribution in [1.82, 2.24) is 5.32 Å². The van der Waals surface area contributed by atoms with E-state index in [-0.39, 0.29) is 0 Å². The largest absolute Gasteiger partial charge is 0.361 e. The first-order valence-electron chi connectivity index (χ1n) is 6.59. The van der Waals surface area contributed by atoms with Gasteiger partial charge >= 0.3 is 0 Å². The van der Waals surface area contributed by atoms with Crippen LogP contribution in [0.3, 0.4) is 0 Å². The van der Waals surface area contributed by atoms with Crippen molar-refractivity contribution in [3.05, 3.63) is 0 Å². The number of nitrogens with zero attached hydrogens (tertiary/aromatic N) is 1. The topological polar surface area (TPSA) is 24.4 Å². The molecule has 0 bridgehead atoms. The van der Waals surface area contributed by atoms with Crippen LogP contribution in [0.1, 0.15) is 46.5 Å². The molecule has 2 fully saturated rings. The maximum absolute atomic E-state index is 4.79. The molecule has 1 heterocycles. The lowest BCUT2D eigenvalue weighted by molar-refractivity contribution is 0.139. The minimum atomic E-state index is 0.561. The molecule has 0 spiro atoms. The zero-order chi connectivity index (χ0) is 11.6. The molecule has 3 heteroatoms. The fraction of sp³-hybridized carbons (Fsp3) is 0.923. The Bertz CT molecular complexity index is 264. The zero-order valence-electron chi connectivity index (χ0n) is 10.8. The second-order valence-electron chi connectivity index (χ2n) is 5.63. The molecule has 0 aromatic rings. The summed E-state index contributed by atoms with van der Waals surface area (Å²) in [5.41, 5.74) is 0.561. The molecular weight excluding hydrogens is 216 g/mol. The molecule has 1 saturated carbocycles. The van der Waals surface area contributed by atoms with E-state index in [9.17, 15) is 0 Å². The Labute approximate surface area is 104 Å². The van der Waals surface area contributed by atoms with E-state index in [2.05, 4.69) is 26.1 Å². The third-order valence-corrected chi connectivity index (χ3v) is 5.28. The number of thioether (sulfide) groups is 1. The number of aliphatic imine (C=N–C) groups is 1. The Morgan fingerprint density at radius 2 is 2.25 bits per heavy atom. The average Bonchev–Trinajstić information content (AvgIpc) is 2.65. The SMILES string of the molecule is CCC1(CN=C2NC(C(C)C)CS2)CCC1. The molecule has 1 N–H and O–H groups in total. The molecule has 16 heavy (non-hydrogen) atoms. The maximum Gasteiger partial charge on any atom is 0.156 e. The molecule has 0 aromatic heterocycles. The summed E-state index contributed by atoms with van der Waals surface area (Å²) in [5.74, 6) is 1.90. The first kappa shape index (κ1) is 12.3. The fourth-order valence-corrected chi connectivity index (χ4v) is 3.60. The highest BCUT2D eigenvalue weighted by atomic mass is 32.2. The van der Waals surface area contributed by atoms with Crippen molar-refractivity contribution in [3.63, 3.8) is 0 Å². The number of hydrogen-bond acceptors (Lipinski definition) is 2. The molecule has 2 rings (SSSR count). The van der Waals surface area contributed by atoms with Gasteiger partial charge in [0.05, 0.1) is 0 Å². The second-order valence-corrected chi connectivity index (χ2v) is 6.64. The Kier molecular flexibility index (Phi) is 3.83. The summed E-state index contributed by atoms with van der Waals surface area (Å²) in [5, 5.41) is 4.74. The molecule has 1 atom stereocenters. The predicted molar refractivity (Wildman–Crippen MR) is 73.1 cm³/mol. The lowest BCUT2D eigenvalue weighted by Gasteiger charge is -2.40. The summed E-state index contributed by atoms with van der Waals surface area (Å²) in [6.07, 6.45) is 5.48. The van der Waals surface area contributed by atoms with Crippen LogP contribution < -0.4 is 5.32 Å². The van der Waals surface area contributed by atoms with Gasteiger partial charge in [-0.05, 0) is 30.6 Å². The normalized spacial score (nSPS) is 30.5. The van der Waals surface area contributed by atoms with Gasteiger partial charge in [0.2, 0.25) is 0 Å². The monoisotopic (exact) mass is 240 g/mol. The van der Waals surface area contributed by atoms with E-state index >= 15 is 0 Å². The number of nitrogens with one attached hydrogen (secondary N) is 1. The molecule has 1 unspecified atom stereocenters. The van der Waals surface area contributed by atoms with Gasteiger partial charge in [-0.3, -0.25) is 4.99 Å². The van der Waals surface area contributed by atoms with Crippen molar-refractivity contribution in [2.75, 3.05) is 12.3 Å². The minimum absolute atomic E-state index is 0.561. The van der Waals surface area contributed by atoms with E-state index in [0.29, 0.717) is 17.4 Å². The quantitative estimate of drug-likeness (QED) is 0.815.